The number of hydrogen-bond donors (Lipinski definition) is 0. The maximum absolute atomic E-state index is 12.0. The maximum atomic E-state index is 12.0. The Labute approximate surface area is 89.3 Å². The first-order valence-electron chi connectivity index (χ1n) is 4.25. The highest BCUT2D eigenvalue weighted by Gasteiger charge is 2.28. The van der Waals surface area contributed by atoms with Gasteiger partial charge in [0.15, 0.2) is 0 Å². The second-order valence-corrected chi connectivity index (χ2v) is 3.03. The molecule has 0 saturated heterocycles. The first-order valence-corrected chi connectivity index (χ1v) is 4.25. The largest absolute Gasteiger partial charge is 0.408 e. The van der Waals surface area contributed by atoms with Crippen molar-refractivity contribution in [3.8, 4) is 0 Å². The molecule has 5 nitrogen and oxygen atoms in total. The van der Waals surface area contributed by atoms with E-state index in [1.165, 1.54) is 14.2 Å². The van der Waals surface area contributed by atoms with Gasteiger partial charge in [0.25, 0.3) is 5.91 Å². The predicted octanol–water partition coefficient (Wildman–Crippen LogP) is 1.08. The van der Waals surface area contributed by atoms with Gasteiger partial charge in [0.1, 0.15) is 6.54 Å². The first kappa shape index (κ1) is 12.5. The van der Waals surface area contributed by atoms with Crippen molar-refractivity contribution in [1.29, 1.82) is 0 Å². The monoisotopic (exact) mass is 237 g/mol. The number of hydrogen-bond acceptors (Lipinski definition) is 3. The van der Waals surface area contributed by atoms with E-state index in [-0.39, 0.29) is 5.56 Å². The zero-order chi connectivity index (χ0) is 12.3. The molecule has 0 bridgehead atoms. The second-order valence-electron chi connectivity index (χ2n) is 3.03. The minimum Gasteiger partial charge on any atom is -0.274 e. The molecule has 1 rings (SSSR count). The van der Waals surface area contributed by atoms with Crippen LogP contribution in [-0.2, 0) is 11.4 Å². The Morgan fingerprint density at radius 3 is 2.75 bits per heavy atom. The molecule has 0 atom stereocenters. The van der Waals surface area contributed by atoms with Crippen molar-refractivity contribution in [3.05, 3.63) is 18.0 Å². The molecule has 0 aromatic carbocycles. The molecule has 16 heavy (non-hydrogen) atoms. The zero-order valence-electron chi connectivity index (χ0n) is 8.65. The second kappa shape index (κ2) is 4.52. The summed E-state index contributed by atoms with van der Waals surface area (Å²) in [5.41, 5.74) is 0.0357. The van der Waals surface area contributed by atoms with Crippen LogP contribution < -0.4 is 0 Å². The van der Waals surface area contributed by atoms with Crippen molar-refractivity contribution in [2.45, 2.75) is 12.7 Å². The minimum atomic E-state index is -4.36. The van der Waals surface area contributed by atoms with E-state index >= 15 is 0 Å². The lowest BCUT2D eigenvalue weighted by Gasteiger charge is -2.11. The van der Waals surface area contributed by atoms with Gasteiger partial charge in [0.2, 0.25) is 0 Å². The fourth-order valence-electron chi connectivity index (χ4n) is 1.01. The molecule has 1 heterocycles. The topological polar surface area (TPSA) is 47.4 Å². The van der Waals surface area contributed by atoms with Crippen molar-refractivity contribution in [1.82, 2.24) is 14.8 Å². The summed E-state index contributed by atoms with van der Waals surface area (Å²) in [6.07, 6.45) is -2.28. The van der Waals surface area contributed by atoms with E-state index in [2.05, 4.69) is 9.94 Å². The van der Waals surface area contributed by atoms with Crippen LogP contribution in [0.2, 0.25) is 0 Å². The Morgan fingerprint density at radius 1 is 1.62 bits per heavy atom. The average Bonchev–Trinajstić information content (AvgIpc) is 2.61. The van der Waals surface area contributed by atoms with Crippen LogP contribution in [0.4, 0.5) is 13.2 Å². The van der Waals surface area contributed by atoms with Gasteiger partial charge in [-0.3, -0.25) is 14.3 Å². The van der Waals surface area contributed by atoms with Gasteiger partial charge in [-0.25, -0.2) is 5.06 Å². The van der Waals surface area contributed by atoms with Crippen molar-refractivity contribution in [2.24, 2.45) is 0 Å². The Balaban J connectivity index is 2.75. The van der Waals surface area contributed by atoms with Gasteiger partial charge in [-0.1, -0.05) is 0 Å². The number of aromatic nitrogens is 2. The van der Waals surface area contributed by atoms with Crippen LogP contribution in [0.25, 0.3) is 0 Å². The smallest absolute Gasteiger partial charge is 0.274 e. The molecule has 0 radical (unpaired) electrons. The molecule has 8 heteroatoms. The van der Waals surface area contributed by atoms with Gasteiger partial charge in [0.05, 0.1) is 18.9 Å². The molecule has 0 aliphatic rings. The molecule has 0 N–H and O–H groups in total. The number of rotatable bonds is 3. The summed E-state index contributed by atoms with van der Waals surface area (Å²) in [5, 5.41) is 4.33. The quantitative estimate of drug-likeness (QED) is 0.739. The fourth-order valence-corrected chi connectivity index (χ4v) is 1.01. The number of carbonyl (C=O) groups is 1. The van der Waals surface area contributed by atoms with Crippen LogP contribution >= 0.6 is 0 Å². The summed E-state index contributed by atoms with van der Waals surface area (Å²) in [6.45, 7) is -1.23. The Hall–Kier alpha value is -1.57. The third-order valence-electron chi connectivity index (χ3n) is 1.78. The maximum Gasteiger partial charge on any atom is 0.408 e. The summed E-state index contributed by atoms with van der Waals surface area (Å²) >= 11 is 0. The lowest BCUT2D eigenvalue weighted by atomic mass is 10.3. The number of halogens is 3. The van der Waals surface area contributed by atoms with E-state index in [1.807, 2.05) is 0 Å². The SMILES string of the molecule is CON(C)C(=O)c1cnn(CC(F)(F)F)c1. The molecule has 1 amide bonds. The summed E-state index contributed by atoms with van der Waals surface area (Å²) in [7, 11) is 2.63. The van der Waals surface area contributed by atoms with Gasteiger partial charge in [-0.05, 0) is 0 Å². The molecule has 1 aromatic heterocycles. The van der Waals surface area contributed by atoms with Crippen LogP contribution in [0.1, 0.15) is 10.4 Å². The van der Waals surface area contributed by atoms with Crippen LogP contribution in [0.5, 0.6) is 0 Å². The lowest BCUT2D eigenvalue weighted by Crippen LogP contribution is -2.25. The summed E-state index contributed by atoms with van der Waals surface area (Å²) in [5.74, 6) is -0.559. The minimum absolute atomic E-state index is 0.0357. The van der Waals surface area contributed by atoms with E-state index in [4.69, 9.17) is 0 Å². The number of amides is 1. The highest BCUT2D eigenvalue weighted by Crippen LogP contribution is 2.17. The molecule has 0 aliphatic heterocycles. The predicted molar refractivity (Wildman–Crippen MR) is 47.4 cm³/mol. The van der Waals surface area contributed by atoms with Crippen LogP contribution in [0.15, 0.2) is 12.4 Å². The third-order valence-corrected chi connectivity index (χ3v) is 1.78. The van der Waals surface area contributed by atoms with Gasteiger partial charge in [0, 0.05) is 13.2 Å². The molecule has 90 valence electrons. The lowest BCUT2D eigenvalue weighted by molar-refractivity contribution is -0.142. The third kappa shape index (κ3) is 3.23. The Kier molecular flexibility index (Phi) is 3.53. The number of nitrogens with zero attached hydrogens (tertiary/aromatic N) is 3. The van der Waals surface area contributed by atoms with Gasteiger partial charge < -0.3 is 0 Å². The Morgan fingerprint density at radius 2 is 2.25 bits per heavy atom. The fraction of sp³-hybridized carbons (Fsp3) is 0.500. The molecule has 0 unspecified atom stereocenters. The van der Waals surface area contributed by atoms with Crippen LogP contribution in [0, 0.1) is 0 Å². The standard InChI is InChI=1S/C8H10F3N3O2/c1-13(16-2)7(15)6-3-12-14(4-6)5-8(9,10)11/h3-4H,5H2,1-2H3. The molecule has 0 spiro atoms. The van der Waals surface area contributed by atoms with Gasteiger partial charge in [-0.15, -0.1) is 0 Å². The molecule has 1 aromatic rings. The van der Waals surface area contributed by atoms with E-state index in [0.29, 0.717) is 4.68 Å². The van der Waals surface area contributed by atoms with E-state index < -0.39 is 18.6 Å². The van der Waals surface area contributed by atoms with Crippen molar-refractivity contribution in [2.75, 3.05) is 14.2 Å². The summed E-state index contributed by atoms with van der Waals surface area (Å²) in [6, 6.07) is 0. The highest BCUT2D eigenvalue weighted by molar-refractivity contribution is 5.92. The average molecular weight is 237 g/mol. The van der Waals surface area contributed by atoms with Gasteiger partial charge in [-0.2, -0.15) is 18.3 Å². The van der Waals surface area contributed by atoms with Gasteiger partial charge >= 0.3 is 6.18 Å². The summed E-state index contributed by atoms with van der Waals surface area (Å²) < 4.78 is 36.6. The molecular formula is C8H10F3N3O2. The normalized spacial score (nSPS) is 11.6. The van der Waals surface area contributed by atoms with E-state index in [1.54, 1.807) is 0 Å². The van der Waals surface area contributed by atoms with Crippen LogP contribution in [-0.4, -0.2) is 41.1 Å². The first-order chi connectivity index (χ1) is 7.33. The molecule has 0 aliphatic carbocycles. The molecule has 0 saturated carbocycles. The van der Waals surface area contributed by atoms with Crippen molar-refractivity contribution < 1.29 is 22.8 Å². The number of hydroxylamine groups is 2. The van der Waals surface area contributed by atoms with Crippen molar-refractivity contribution >= 4 is 5.91 Å². The number of carbonyl (C=O) groups excluding carboxylic acids is 1. The van der Waals surface area contributed by atoms with Crippen molar-refractivity contribution in [3.63, 3.8) is 0 Å². The number of alkyl halides is 3. The highest BCUT2D eigenvalue weighted by atomic mass is 19.4. The molecular weight excluding hydrogens is 227 g/mol. The Bertz CT molecular complexity index is 375. The zero-order valence-corrected chi connectivity index (χ0v) is 8.65. The van der Waals surface area contributed by atoms with E-state index in [9.17, 15) is 18.0 Å². The van der Waals surface area contributed by atoms with Crippen LogP contribution in [0.3, 0.4) is 0 Å². The molecule has 0 fully saturated rings. The van der Waals surface area contributed by atoms with E-state index in [0.717, 1.165) is 17.5 Å². The summed E-state index contributed by atoms with van der Waals surface area (Å²) in [4.78, 5) is 16.0.